The minimum absolute atomic E-state index is 0.176. The van der Waals surface area contributed by atoms with Crippen LogP contribution in [-0.2, 0) is 4.79 Å². The molecule has 9 nitrogen and oxygen atoms in total. The number of methoxy groups -OCH3 is 2. The first-order chi connectivity index (χ1) is 22.5. The van der Waals surface area contributed by atoms with Crippen molar-refractivity contribution in [2.75, 3.05) is 19.5 Å². The van der Waals surface area contributed by atoms with E-state index in [9.17, 15) is 14.9 Å². The number of thiazole rings is 1. The zero-order chi connectivity index (χ0) is 32.0. The van der Waals surface area contributed by atoms with E-state index >= 15 is 0 Å². The van der Waals surface area contributed by atoms with E-state index in [1.165, 1.54) is 4.57 Å². The number of hydrazone groups is 1. The monoisotopic (exact) mass is 627 g/mol. The molecule has 1 N–H and O–H groups in total. The van der Waals surface area contributed by atoms with Crippen molar-refractivity contribution in [3.8, 4) is 23.3 Å². The Labute approximate surface area is 269 Å². The van der Waals surface area contributed by atoms with Crippen LogP contribution in [0.4, 0.5) is 5.69 Å². The van der Waals surface area contributed by atoms with Gasteiger partial charge in [-0.05, 0) is 71.8 Å². The molecule has 1 aliphatic heterocycles. The molecular weight excluding hydrogens is 598 g/mol. The number of aromatic nitrogens is 1. The second-order valence-electron chi connectivity index (χ2n) is 10.3. The Hall–Kier alpha value is -5.92. The Morgan fingerprint density at radius 2 is 1.52 bits per heavy atom. The summed E-state index contributed by atoms with van der Waals surface area (Å²) in [5.74, 6) is 0.866. The predicted octanol–water partition coefficient (Wildman–Crippen LogP) is 4.82. The summed E-state index contributed by atoms with van der Waals surface area (Å²) in [6.45, 7) is 0. The molecule has 0 saturated carbocycles. The van der Waals surface area contributed by atoms with Crippen molar-refractivity contribution in [2.45, 2.75) is 12.5 Å². The van der Waals surface area contributed by atoms with Crippen LogP contribution in [0.2, 0.25) is 0 Å². The fourth-order valence-electron chi connectivity index (χ4n) is 5.18. The van der Waals surface area contributed by atoms with Gasteiger partial charge in [0.05, 0.1) is 31.7 Å². The Bertz CT molecular complexity index is 2120. The summed E-state index contributed by atoms with van der Waals surface area (Å²) in [5.41, 5.74) is 3.29. The number of hydrogen-bond donors (Lipinski definition) is 1. The van der Waals surface area contributed by atoms with Crippen molar-refractivity contribution in [1.29, 1.82) is 5.26 Å². The molecule has 1 aliphatic rings. The van der Waals surface area contributed by atoms with Crippen molar-refractivity contribution in [3.63, 3.8) is 0 Å². The number of rotatable bonds is 8. The number of para-hydroxylation sites is 2. The Balaban J connectivity index is 1.51. The second kappa shape index (κ2) is 13.4. The van der Waals surface area contributed by atoms with Crippen LogP contribution in [0.3, 0.4) is 0 Å². The quantitative estimate of drug-likeness (QED) is 0.264. The molecule has 0 radical (unpaired) electrons. The first-order valence-corrected chi connectivity index (χ1v) is 15.2. The van der Waals surface area contributed by atoms with E-state index in [-0.39, 0.29) is 21.8 Å². The number of nitrogens with zero attached hydrogens (tertiary/aromatic N) is 4. The molecule has 5 aromatic rings. The first-order valence-electron chi connectivity index (χ1n) is 14.4. The number of hydrogen-bond acceptors (Lipinski definition) is 8. The average Bonchev–Trinajstić information content (AvgIpc) is 3.66. The van der Waals surface area contributed by atoms with Gasteiger partial charge in [0.1, 0.15) is 26.8 Å². The lowest BCUT2D eigenvalue weighted by molar-refractivity contribution is -0.111. The van der Waals surface area contributed by atoms with Gasteiger partial charge >= 0.3 is 0 Å². The van der Waals surface area contributed by atoms with E-state index < -0.39 is 5.91 Å². The van der Waals surface area contributed by atoms with Crippen LogP contribution in [0.5, 0.6) is 11.5 Å². The molecule has 6 rings (SSSR count). The Morgan fingerprint density at radius 3 is 2.13 bits per heavy atom. The number of carbonyl (C=O) groups is 1. The standard InChI is InChI=1S/C36H29N5O4S/c1-44-28-17-13-24(14-18-28)31-21-32(25-15-19-29(45-2)20-16-25)40(39-31)23-33-35(43)41(27-11-7-4-8-12-27)36(46-33)30(22-37)34(42)38-26-9-5-3-6-10-26/h3-20,23,32H,21H2,1-2H3,(H,38,42)/b33-23-,36-30+. The summed E-state index contributed by atoms with van der Waals surface area (Å²) in [6.07, 6.45) is 2.28. The molecule has 0 fully saturated rings. The molecule has 1 atom stereocenters. The number of nitriles is 1. The minimum atomic E-state index is -0.608. The van der Waals surface area contributed by atoms with Crippen molar-refractivity contribution >= 4 is 40.4 Å². The Morgan fingerprint density at radius 1 is 0.913 bits per heavy atom. The lowest BCUT2D eigenvalue weighted by Gasteiger charge is -2.20. The number of ether oxygens (including phenoxy) is 2. The summed E-state index contributed by atoms with van der Waals surface area (Å²) in [5, 5.41) is 19.7. The number of carbonyl (C=O) groups excluding carboxylic acids is 1. The fourth-order valence-corrected chi connectivity index (χ4v) is 6.25. The van der Waals surface area contributed by atoms with Crippen LogP contribution in [0.15, 0.2) is 119 Å². The second-order valence-corrected chi connectivity index (χ2v) is 11.4. The van der Waals surface area contributed by atoms with Gasteiger partial charge in [0.15, 0.2) is 5.57 Å². The normalized spacial score (nSPS) is 15.2. The van der Waals surface area contributed by atoms with Crippen molar-refractivity contribution in [1.82, 2.24) is 9.58 Å². The third kappa shape index (κ3) is 6.18. The van der Waals surface area contributed by atoms with Crippen LogP contribution in [0, 0.1) is 11.3 Å². The first kappa shape index (κ1) is 30.1. The van der Waals surface area contributed by atoms with Gasteiger partial charge < -0.3 is 14.8 Å². The van der Waals surface area contributed by atoms with E-state index in [2.05, 4.69) is 5.32 Å². The van der Waals surface area contributed by atoms with Gasteiger partial charge in [-0.2, -0.15) is 10.4 Å². The number of benzene rings is 4. The van der Waals surface area contributed by atoms with Gasteiger partial charge in [-0.15, -0.1) is 11.3 Å². The topological polar surface area (TPSA) is 109 Å². The zero-order valence-electron chi connectivity index (χ0n) is 25.1. The molecule has 1 unspecified atom stereocenters. The maximum atomic E-state index is 14.1. The van der Waals surface area contributed by atoms with Crippen molar-refractivity contribution in [3.05, 3.63) is 140 Å². The maximum absolute atomic E-state index is 14.1. The molecule has 10 heteroatoms. The third-order valence-corrected chi connectivity index (χ3v) is 8.62. The van der Waals surface area contributed by atoms with E-state index in [1.54, 1.807) is 74.0 Å². The van der Waals surface area contributed by atoms with Crippen LogP contribution in [0.1, 0.15) is 23.6 Å². The van der Waals surface area contributed by atoms with E-state index in [1.807, 2.05) is 66.7 Å². The number of amides is 1. The Kier molecular flexibility index (Phi) is 8.76. The molecule has 46 heavy (non-hydrogen) atoms. The van der Waals surface area contributed by atoms with Crippen LogP contribution in [-0.4, -0.2) is 35.4 Å². The van der Waals surface area contributed by atoms with Gasteiger partial charge in [-0.25, -0.2) is 0 Å². The summed E-state index contributed by atoms with van der Waals surface area (Å²) in [7, 11) is 3.24. The van der Waals surface area contributed by atoms with Gasteiger partial charge in [0, 0.05) is 18.3 Å². The average molecular weight is 628 g/mol. The van der Waals surface area contributed by atoms with Crippen LogP contribution in [0.25, 0.3) is 17.5 Å². The van der Waals surface area contributed by atoms with Crippen LogP contribution >= 0.6 is 11.3 Å². The maximum Gasteiger partial charge on any atom is 0.275 e. The summed E-state index contributed by atoms with van der Waals surface area (Å²) >= 11 is 1.07. The number of nitrogens with one attached hydrogen (secondary N) is 1. The van der Waals surface area contributed by atoms with E-state index in [0.717, 1.165) is 39.7 Å². The van der Waals surface area contributed by atoms with Gasteiger partial charge in [-0.3, -0.25) is 19.2 Å². The molecule has 2 heterocycles. The highest BCUT2D eigenvalue weighted by molar-refractivity contribution is 7.07. The summed E-state index contributed by atoms with van der Waals surface area (Å²) in [6, 6.07) is 35.1. The molecule has 0 bridgehead atoms. The van der Waals surface area contributed by atoms with E-state index in [0.29, 0.717) is 22.3 Å². The predicted molar refractivity (Wildman–Crippen MR) is 179 cm³/mol. The molecule has 4 aromatic carbocycles. The molecule has 1 amide bonds. The molecule has 0 aliphatic carbocycles. The highest BCUT2D eigenvalue weighted by Gasteiger charge is 2.28. The third-order valence-electron chi connectivity index (χ3n) is 7.54. The smallest absolute Gasteiger partial charge is 0.275 e. The van der Waals surface area contributed by atoms with Gasteiger partial charge in [0.2, 0.25) is 0 Å². The largest absolute Gasteiger partial charge is 0.497 e. The van der Waals surface area contributed by atoms with Crippen LogP contribution < -0.4 is 29.5 Å². The van der Waals surface area contributed by atoms with E-state index in [4.69, 9.17) is 14.6 Å². The molecular formula is C36H29N5O4S. The minimum Gasteiger partial charge on any atom is -0.497 e. The lowest BCUT2D eigenvalue weighted by atomic mass is 9.98. The van der Waals surface area contributed by atoms with Crippen molar-refractivity contribution < 1.29 is 14.3 Å². The zero-order valence-corrected chi connectivity index (χ0v) is 25.9. The molecule has 0 spiro atoms. The van der Waals surface area contributed by atoms with Gasteiger partial charge in [0.25, 0.3) is 11.5 Å². The number of anilines is 1. The molecule has 0 saturated heterocycles. The molecule has 228 valence electrons. The molecule has 1 aromatic heterocycles. The SMILES string of the molecule is COc1ccc(C2=NN(/C=c3\s/c(=C(\C#N)C(=O)Nc4ccccc4)n(-c4ccccc4)c3=O)C(c3ccc(OC)cc3)C2)cc1. The highest BCUT2D eigenvalue weighted by atomic mass is 32.1. The summed E-state index contributed by atoms with van der Waals surface area (Å²) in [4.78, 5) is 27.5. The summed E-state index contributed by atoms with van der Waals surface area (Å²) < 4.78 is 12.6. The van der Waals surface area contributed by atoms with Gasteiger partial charge in [-0.1, -0.05) is 48.5 Å². The fraction of sp³-hybridized carbons (Fsp3) is 0.111. The lowest BCUT2D eigenvalue weighted by Crippen LogP contribution is -2.33. The highest BCUT2D eigenvalue weighted by Crippen LogP contribution is 2.34. The van der Waals surface area contributed by atoms with Crippen molar-refractivity contribution in [2.24, 2.45) is 5.10 Å².